The molecule has 2 rings (SSSR count). The minimum absolute atomic E-state index is 0.368. The maximum absolute atomic E-state index is 9.16. The molecule has 0 amide bonds. The van der Waals surface area contributed by atoms with Crippen molar-refractivity contribution in [3.63, 3.8) is 0 Å². The molecule has 0 atom stereocenters. The average Bonchev–Trinajstić information content (AvgIpc) is 2.46. The van der Waals surface area contributed by atoms with Gasteiger partial charge >= 0.3 is 0 Å². The van der Waals surface area contributed by atoms with Gasteiger partial charge in [-0.2, -0.15) is 5.26 Å². The van der Waals surface area contributed by atoms with Crippen molar-refractivity contribution < 1.29 is 0 Å². The second-order valence-electron chi connectivity index (χ2n) is 5.37. The Morgan fingerprint density at radius 1 is 1.20 bits per heavy atom. The minimum Gasteiger partial charge on any atom is -0.382 e. The van der Waals surface area contributed by atoms with Crippen LogP contribution in [-0.4, -0.2) is 16.7 Å². The van der Waals surface area contributed by atoms with Gasteiger partial charge in [-0.3, -0.25) is 0 Å². The summed E-state index contributed by atoms with van der Waals surface area (Å²) in [7, 11) is 0. The fraction of sp³-hybridized carbons (Fsp3) is 0.438. The molecule has 104 valence electrons. The van der Waals surface area contributed by atoms with E-state index in [-0.39, 0.29) is 0 Å². The molecule has 0 saturated carbocycles. The molecule has 0 aliphatic rings. The molecule has 4 heteroatoms. The molecule has 0 bridgehead atoms. The molecule has 1 heterocycles. The van der Waals surface area contributed by atoms with Crippen LogP contribution in [0.2, 0.25) is 0 Å². The first-order chi connectivity index (χ1) is 9.72. The number of nitrogens with zero attached hydrogens (tertiary/aromatic N) is 3. The van der Waals surface area contributed by atoms with Gasteiger partial charge in [0.15, 0.2) is 5.69 Å². The molecule has 1 N–H and O–H groups in total. The number of hydrogen-bond donors (Lipinski definition) is 1. The predicted molar refractivity (Wildman–Crippen MR) is 81.4 cm³/mol. The lowest BCUT2D eigenvalue weighted by Crippen LogP contribution is -2.06. The smallest absolute Gasteiger partial charge is 0.186 e. The molecule has 0 saturated heterocycles. The van der Waals surface area contributed by atoms with Crippen molar-refractivity contribution in [2.75, 3.05) is 11.9 Å². The van der Waals surface area contributed by atoms with E-state index >= 15 is 0 Å². The number of hydrogen-bond acceptors (Lipinski definition) is 4. The lowest BCUT2D eigenvalue weighted by atomic mass is 10.1. The summed E-state index contributed by atoms with van der Waals surface area (Å²) in [6.45, 7) is 5.33. The second kappa shape index (κ2) is 6.85. The molecule has 0 unspecified atom stereocenters. The molecule has 0 fully saturated rings. The van der Waals surface area contributed by atoms with E-state index in [1.54, 1.807) is 0 Å². The fourth-order valence-electron chi connectivity index (χ4n) is 2.20. The third-order valence-corrected chi connectivity index (χ3v) is 3.28. The van der Waals surface area contributed by atoms with Gasteiger partial charge in [-0.25, -0.2) is 0 Å². The molecule has 1 aromatic carbocycles. The van der Waals surface area contributed by atoms with Crippen molar-refractivity contribution in [2.45, 2.75) is 33.1 Å². The maximum atomic E-state index is 9.16. The zero-order valence-electron chi connectivity index (χ0n) is 12.1. The maximum Gasteiger partial charge on any atom is 0.186 e. The highest BCUT2D eigenvalue weighted by Gasteiger charge is 2.09. The largest absolute Gasteiger partial charge is 0.382 e. The van der Waals surface area contributed by atoms with E-state index in [2.05, 4.69) is 35.4 Å². The summed E-state index contributed by atoms with van der Waals surface area (Å²) in [5, 5.41) is 21.5. The fourth-order valence-corrected chi connectivity index (χ4v) is 2.20. The Morgan fingerprint density at radius 3 is 2.75 bits per heavy atom. The molecule has 2 aromatic rings. The van der Waals surface area contributed by atoms with Crippen LogP contribution in [0, 0.1) is 17.2 Å². The number of nitriles is 1. The number of nitrogens with one attached hydrogen (secondary N) is 1. The summed E-state index contributed by atoms with van der Waals surface area (Å²) in [5.74, 6) is 0.744. The van der Waals surface area contributed by atoms with Crippen LogP contribution < -0.4 is 5.32 Å². The summed E-state index contributed by atoms with van der Waals surface area (Å²) < 4.78 is 0. The summed E-state index contributed by atoms with van der Waals surface area (Å²) in [6.07, 6.45) is 3.53. The lowest BCUT2D eigenvalue weighted by Gasteiger charge is -2.10. The number of anilines is 1. The highest BCUT2D eigenvalue weighted by atomic mass is 15.1. The third kappa shape index (κ3) is 3.45. The SMILES string of the molecule is CC(C)CCCCNc1c(C#N)nnc2ccccc12. The standard InChI is InChI=1S/C16H20N4/c1-12(2)7-5-6-10-18-16-13-8-3-4-9-14(13)19-20-15(16)11-17/h3-4,8-9,12H,5-7,10H2,1-2H3,(H,18,19). The van der Waals surface area contributed by atoms with Crippen molar-refractivity contribution >= 4 is 16.6 Å². The molecule has 0 spiro atoms. The number of benzene rings is 1. The number of rotatable bonds is 6. The van der Waals surface area contributed by atoms with Gasteiger partial charge in [-0.15, -0.1) is 10.2 Å². The average molecular weight is 268 g/mol. The van der Waals surface area contributed by atoms with Crippen molar-refractivity contribution in [2.24, 2.45) is 5.92 Å². The van der Waals surface area contributed by atoms with Gasteiger partial charge in [0.2, 0.25) is 0 Å². The van der Waals surface area contributed by atoms with E-state index in [9.17, 15) is 0 Å². The Hall–Kier alpha value is -2.15. The Bertz CT molecular complexity index is 613. The van der Waals surface area contributed by atoms with Crippen LogP contribution in [0.15, 0.2) is 24.3 Å². The molecule has 0 radical (unpaired) electrons. The number of fused-ring (bicyclic) bond motifs is 1. The van der Waals surface area contributed by atoms with Crippen molar-refractivity contribution in [3.8, 4) is 6.07 Å². The van der Waals surface area contributed by atoms with Gasteiger partial charge in [0.25, 0.3) is 0 Å². The van der Waals surface area contributed by atoms with Crippen LogP contribution in [0.3, 0.4) is 0 Å². The highest BCUT2D eigenvalue weighted by Crippen LogP contribution is 2.23. The number of aromatic nitrogens is 2. The van der Waals surface area contributed by atoms with Crippen molar-refractivity contribution in [1.29, 1.82) is 5.26 Å². The molecular weight excluding hydrogens is 248 g/mol. The van der Waals surface area contributed by atoms with E-state index in [1.807, 2.05) is 24.3 Å². The normalized spacial score (nSPS) is 10.7. The minimum atomic E-state index is 0.368. The third-order valence-electron chi connectivity index (χ3n) is 3.28. The van der Waals surface area contributed by atoms with Crippen molar-refractivity contribution in [3.05, 3.63) is 30.0 Å². The summed E-state index contributed by atoms with van der Waals surface area (Å²) >= 11 is 0. The first kappa shape index (κ1) is 14.3. The Kier molecular flexibility index (Phi) is 4.89. The second-order valence-corrected chi connectivity index (χ2v) is 5.37. The van der Waals surface area contributed by atoms with Crippen LogP contribution in [0.25, 0.3) is 10.9 Å². The summed E-state index contributed by atoms with van der Waals surface area (Å²) in [6, 6.07) is 9.87. The first-order valence-corrected chi connectivity index (χ1v) is 7.11. The van der Waals surface area contributed by atoms with E-state index in [0.717, 1.165) is 35.5 Å². The molecule has 20 heavy (non-hydrogen) atoms. The first-order valence-electron chi connectivity index (χ1n) is 7.11. The van der Waals surface area contributed by atoms with Crippen LogP contribution in [0.4, 0.5) is 5.69 Å². The van der Waals surface area contributed by atoms with Crippen molar-refractivity contribution in [1.82, 2.24) is 10.2 Å². The molecule has 0 aliphatic carbocycles. The molecule has 1 aromatic heterocycles. The lowest BCUT2D eigenvalue weighted by molar-refractivity contribution is 0.545. The molecule has 4 nitrogen and oxygen atoms in total. The van der Waals surface area contributed by atoms with Crippen LogP contribution in [0.1, 0.15) is 38.8 Å². The van der Waals surface area contributed by atoms with Gasteiger partial charge in [0, 0.05) is 11.9 Å². The molecular formula is C16H20N4. The van der Waals surface area contributed by atoms with E-state index in [4.69, 9.17) is 5.26 Å². The van der Waals surface area contributed by atoms with E-state index in [0.29, 0.717) is 5.69 Å². The molecule has 0 aliphatic heterocycles. The van der Waals surface area contributed by atoms with Gasteiger partial charge < -0.3 is 5.32 Å². The zero-order valence-corrected chi connectivity index (χ0v) is 12.1. The Balaban J connectivity index is 2.10. The van der Waals surface area contributed by atoms with Crippen LogP contribution in [-0.2, 0) is 0 Å². The van der Waals surface area contributed by atoms with Gasteiger partial charge in [-0.05, 0) is 18.4 Å². The monoisotopic (exact) mass is 268 g/mol. The quantitative estimate of drug-likeness (QED) is 0.811. The van der Waals surface area contributed by atoms with Crippen LogP contribution in [0.5, 0.6) is 0 Å². The summed E-state index contributed by atoms with van der Waals surface area (Å²) in [5.41, 5.74) is 1.99. The Morgan fingerprint density at radius 2 is 2.00 bits per heavy atom. The number of unbranched alkanes of at least 4 members (excludes halogenated alkanes) is 1. The highest BCUT2D eigenvalue weighted by molar-refractivity contribution is 5.92. The van der Waals surface area contributed by atoms with Crippen LogP contribution >= 0.6 is 0 Å². The van der Waals surface area contributed by atoms with Gasteiger partial charge in [-0.1, -0.05) is 44.9 Å². The van der Waals surface area contributed by atoms with Gasteiger partial charge in [0.1, 0.15) is 6.07 Å². The van der Waals surface area contributed by atoms with Gasteiger partial charge in [0.05, 0.1) is 11.2 Å². The van der Waals surface area contributed by atoms with E-state index < -0.39 is 0 Å². The zero-order chi connectivity index (χ0) is 14.4. The summed E-state index contributed by atoms with van der Waals surface area (Å²) in [4.78, 5) is 0. The Labute approximate surface area is 119 Å². The topological polar surface area (TPSA) is 61.6 Å². The van der Waals surface area contributed by atoms with E-state index in [1.165, 1.54) is 12.8 Å². The predicted octanol–water partition coefficient (Wildman–Crippen LogP) is 3.74.